The molecular formula is C23H24ClNO8. The van der Waals surface area contributed by atoms with Crippen molar-refractivity contribution in [3.05, 3.63) is 50.4 Å². The molecule has 3 aliphatic carbocycles. The zero-order valence-corrected chi connectivity index (χ0v) is 19.0. The summed E-state index contributed by atoms with van der Waals surface area (Å²) in [7, 11) is 3.07. The van der Waals surface area contributed by atoms with Crippen LogP contribution in [0.5, 0.6) is 5.75 Å². The Labute approximate surface area is 194 Å². The molecule has 0 unspecified atom stereocenters. The van der Waals surface area contributed by atoms with Crippen LogP contribution in [0.3, 0.4) is 0 Å². The first-order chi connectivity index (χ1) is 15.4. The number of aromatic hydroxyl groups is 1. The van der Waals surface area contributed by atoms with E-state index >= 15 is 0 Å². The molecule has 0 amide bonds. The number of carbonyl (C=O) groups excluding carboxylic acids is 2. The van der Waals surface area contributed by atoms with Crippen LogP contribution < -0.4 is 0 Å². The van der Waals surface area contributed by atoms with Crippen molar-refractivity contribution in [2.45, 2.75) is 37.8 Å². The summed E-state index contributed by atoms with van der Waals surface area (Å²) in [5, 5.41) is 53.8. The van der Waals surface area contributed by atoms with E-state index in [1.54, 1.807) is 13.0 Å². The standard InChI is InChI=1S/C23H24ClNO8/c1-4-8-7-12(24)10-5-9-6-11-16(25(2)3)19(28)15(22(31)32)21(30)23(11,33)20(29)13(9)18(27)14(10)17(8)26/h7,9,11,16,26,28-29,33H,4-6H2,1-3H3,(H,31,32)/t9-,11-,16-,23-/m0/s1. The lowest BCUT2D eigenvalue weighted by atomic mass is 9.58. The van der Waals surface area contributed by atoms with Crippen molar-refractivity contribution < 1.29 is 39.9 Å². The molecular weight excluding hydrogens is 454 g/mol. The first-order valence-electron chi connectivity index (χ1n) is 10.5. The van der Waals surface area contributed by atoms with Crippen LogP contribution in [0.1, 0.15) is 34.8 Å². The Kier molecular flexibility index (Phi) is 5.35. The molecule has 0 spiro atoms. The van der Waals surface area contributed by atoms with Gasteiger partial charge in [-0.3, -0.25) is 14.5 Å². The van der Waals surface area contributed by atoms with Gasteiger partial charge in [0.05, 0.1) is 11.6 Å². The summed E-state index contributed by atoms with van der Waals surface area (Å²) in [5.41, 5.74) is -3.28. The van der Waals surface area contributed by atoms with E-state index in [-0.39, 0.29) is 34.8 Å². The molecule has 4 atom stereocenters. The quantitative estimate of drug-likeness (QED) is 0.410. The van der Waals surface area contributed by atoms with Crippen LogP contribution in [0.2, 0.25) is 5.02 Å². The molecule has 4 rings (SSSR count). The third-order valence-electron chi connectivity index (χ3n) is 7.10. The maximum Gasteiger partial charge on any atom is 0.342 e. The number of likely N-dealkylation sites (N-methyl/N-ethyl adjacent to an activating group) is 1. The predicted octanol–water partition coefficient (Wildman–Crippen LogP) is 1.94. The minimum Gasteiger partial charge on any atom is -0.510 e. The summed E-state index contributed by atoms with van der Waals surface area (Å²) in [4.78, 5) is 39.8. The Morgan fingerprint density at radius 1 is 1.24 bits per heavy atom. The van der Waals surface area contributed by atoms with Crippen molar-refractivity contribution in [3.8, 4) is 5.75 Å². The summed E-state index contributed by atoms with van der Waals surface area (Å²) in [6.07, 6.45) is 0.523. The number of fused-ring (bicyclic) bond motifs is 3. The SMILES string of the molecule is CCc1cc(Cl)c2c(c1O)C(=O)C1=C(O)[C@]3(O)C(=O)C(C(=O)O)=C(O)[C@@H](N(C)C)[C@@H]3C[C@@H]1C2. The third-order valence-corrected chi connectivity index (χ3v) is 7.43. The van der Waals surface area contributed by atoms with Gasteiger partial charge < -0.3 is 25.5 Å². The molecule has 0 fully saturated rings. The highest BCUT2D eigenvalue weighted by molar-refractivity contribution is 6.33. The zero-order chi connectivity index (χ0) is 24.6. The van der Waals surface area contributed by atoms with Crippen LogP contribution in [-0.4, -0.2) is 73.7 Å². The van der Waals surface area contributed by atoms with Gasteiger partial charge >= 0.3 is 5.97 Å². The average molecular weight is 478 g/mol. The van der Waals surface area contributed by atoms with Crippen molar-refractivity contribution in [1.82, 2.24) is 4.90 Å². The van der Waals surface area contributed by atoms with Gasteiger partial charge in [0, 0.05) is 16.5 Å². The number of rotatable bonds is 3. The van der Waals surface area contributed by atoms with E-state index in [0.29, 0.717) is 17.5 Å². The molecule has 9 nitrogen and oxygen atoms in total. The normalized spacial score (nSPS) is 29.2. The number of aliphatic hydroxyl groups is 3. The Morgan fingerprint density at radius 3 is 2.42 bits per heavy atom. The topological polar surface area (TPSA) is 156 Å². The number of phenolic OH excluding ortho intramolecular Hbond substituents is 1. The predicted molar refractivity (Wildman–Crippen MR) is 117 cm³/mol. The minimum absolute atomic E-state index is 0.0146. The number of allylic oxidation sites excluding steroid dienone is 1. The second-order valence-electron chi connectivity index (χ2n) is 8.98. The molecule has 0 aromatic heterocycles. The van der Waals surface area contributed by atoms with Gasteiger partial charge in [-0.25, -0.2) is 4.79 Å². The highest BCUT2D eigenvalue weighted by Crippen LogP contribution is 2.53. The van der Waals surface area contributed by atoms with Gasteiger partial charge in [0.1, 0.15) is 22.8 Å². The summed E-state index contributed by atoms with van der Waals surface area (Å²) in [6, 6.07) is 0.474. The van der Waals surface area contributed by atoms with Gasteiger partial charge in [0.15, 0.2) is 11.4 Å². The Balaban J connectivity index is 1.98. The number of hydrogen-bond donors (Lipinski definition) is 5. The van der Waals surface area contributed by atoms with Crippen molar-refractivity contribution >= 4 is 29.1 Å². The van der Waals surface area contributed by atoms with E-state index < -0.39 is 58.1 Å². The molecule has 0 saturated carbocycles. The number of Topliss-reactive ketones (excluding diaryl/α,β-unsaturated/α-hetero) is 2. The van der Waals surface area contributed by atoms with Gasteiger partial charge in [0.2, 0.25) is 5.78 Å². The van der Waals surface area contributed by atoms with E-state index in [0.717, 1.165) is 0 Å². The molecule has 0 aliphatic heterocycles. The first-order valence-corrected chi connectivity index (χ1v) is 10.9. The molecule has 10 heteroatoms. The van der Waals surface area contributed by atoms with Gasteiger partial charge in [-0.05, 0) is 56.5 Å². The minimum atomic E-state index is -2.73. The van der Waals surface area contributed by atoms with E-state index in [2.05, 4.69) is 0 Å². The number of aryl methyl sites for hydroxylation is 1. The van der Waals surface area contributed by atoms with Gasteiger partial charge in [-0.1, -0.05) is 18.5 Å². The van der Waals surface area contributed by atoms with E-state index in [4.69, 9.17) is 11.6 Å². The van der Waals surface area contributed by atoms with Gasteiger partial charge in [-0.2, -0.15) is 0 Å². The molecule has 176 valence electrons. The number of aliphatic carboxylic acids is 1. The summed E-state index contributed by atoms with van der Waals surface area (Å²) in [6.45, 7) is 1.77. The fourth-order valence-corrected chi connectivity index (χ4v) is 5.87. The number of aliphatic hydroxyl groups excluding tert-OH is 2. The van der Waals surface area contributed by atoms with E-state index in [9.17, 15) is 39.9 Å². The first kappa shape index (κ1) is 23.3. The number of hydrogen-bond acceptors (Lipinski definition) is 8. The van der Waals surface area contributed by atoms with Crippen LogP contribution in [-0.2, 0) is 22.4 Å². The molecule has 0 saturated heterocycles. The molecule has 1 aromatic rings. The lowest BCUT2D eigenvalue weighted by Gasteiger charge is -2.50. The Bertz CT molecular complexity index is 1180. The molecule has 1 aromatic carbocycles. The second-order valence-corrected chi connectivity index (χ2v) is 9.38. The van der Waals surface area contributed by atoms with E-state index in [1.807, 2.05) is 0 Å². The number of carbonyl (C=O) groups is 3. The summed E-state index contributed by atoms with van der Waals surface area (Å²) >= 11 is 6.41. The number of phenols is 1. The highest BCUT2D eigenvalue weighted by atomic mass is 35.5. The monoisotopic (exact) mass is 477 g/mol. The molecule has 3 aliphatic rings. The molecule has 0 heterocycles. The number of carboxylic acids is 1. The van der Waals surface area contributed by atoms with Crippen molar-refractivity contribution in [3.63, 3.8) is 0 Å². The third kappa shape index (κ3) is 2.96. The van der Waals surface area contributed by atoms with Crippen LogP contribution in [0.15, 0.2) is 28.7 Å². The number of carboxylic acid groups (broad SMARTS) is 1. The smallest absolute Gasteiger partial charge is 0.342 e. The Hall–Kier alpha value is -2.88. The second kappa shape index (κ2) is 7.58. The van der Waals surface area contributed by atoms with Crippen molar-refractivity contribution in [2.24, 2.45) is 11.8 Å². The van der Waals surface area contributed by atoms with Crippen LogP contribution >= 0.6 is 11.6 Å². The highest BCUT2D eigenvalue weighted by Gasteiger charge is 2.63. The van der Waals surface area contributed by atoms with Crippen LogP contribution in [0.4, 0.5) is 0 Å². The molecule has 5 N–H and O–H groups in total. The van der Waals surface area contributed by atoms with Gasteiger partial charge in [-0.15, -0.1) is 0 Å². The van der Waals surface area contributed by atoms with Crippen molar-refractivity contribution in [1.29, 1.82) is 0 Å². The van der Waals surface area contributed by atoms with Crippen LogP contribution in [0.25, 0.3) is 0 Å². The number of halogens is 1. The zero-order valence-electron chi connectivity index (χ0n) is 18.2. The number of nitrogens with zero attached hydrogens (tertiary/aromatic N) is 1. The maximum absolute atomic E-state index is 13.5. The summed E-state index contributed by atoms with van der Waals surface area (Å²) < 4.78 is 0. The molecule has 0 radical (unpaired) electrons. The maximum atomic E-state index is 13.5. The number of benzene rings is 1. The summed E-state index contributed by atoms with van der Waals surface area (Å²) in [5.74, 6) is -7.66. The largest absolute Gasteiger partial charge is 0.510 e. The van der Waals surface area contributed by atoms with E-state index in [1.165, 1.54) is 19.0 Å². The van der Waals surface area contributed by atoms with Crippen molar-refractivity contribution in [2.75, 3.05) is 14.1 Å². The molecule has 33 heavy (non-hydrogen) atoms. The fraction of sp³-hybridized carbons (Fsp3) is 0.435. The van der Waals surface area contributed by atoms with Gasteiger partial charge in [0.25, 0.3) is 0 Å². The Morgan fingerprint density at radius 2 is 1.88 bits per heavy atom. The molecule has 0 bridgehead atoms. The lowest BCUT2D eigenvalue weighted by molar-refractivity contribution is -0.151. The lowest BCUT2D eigenvalue weighted by Crippen LogP contribution is -2.63. The number of ketones is 2. The van der Waals surface area contributed by atoms with Crippen LogP contribution in [0, 0.1) is 11.8 Å². The fourth-order valence-electron chi connectivity index (χ4n) is 5.56. The average Bonchev–Trinajstić information content (AvgIpc) is 2.72.